The third kappa shape index (κ3) is 4.88. The smallest absolute Gasteiger partial charge is 0.275 e. The number of carbonyl (C=O) groups excluding carboxylic acids is 1. The normalized spacial score (nSPS) is 10.8. The van der Waals surface area contributed by atoms with Crippen LogP contribution in [0.3, 0.4) is 0 Å². The van der Waals surface area contributed by atoms with E-state index in [0.29, 0.717) is 28.1 Å². The molecule has 0 radical (unpaired) electrons. The average Bonchev–Trinajstić information content (AvgIpc) is 3.17. The zero-order valence-corrected chi connectivity index (χ0v) is 18.3. The quantitative estimate of drug-likeness (QED) is 0.552. The maximum atomic E-state index is 12.4. The Kier molecular flexibility index (Phi) is 6.88. The van der Waals surface area contributed by atoms with Gasteiger partial charge in [-0.2, -0.15) is 4.52 Å². The summed E-state index contributed by atoms with van der Waals surface area (Å²) >= 11 is 1.28. The Morgan fingerprint density at radius 3 is 2.77 bits per heavy atom. The molecule has 2 aromatic heterocycles. The van der Waals surface area contributed by atoms with Crippen LogP contribution in [0.25, 0.3) is 4.96 Å². The molecule has 10 heteroatoms. The second kappa shape index (κ2) is 9.57. The molecular weight excluding hydrogens is 406 g/mol. The van der Waals surface area contributed by atoms with Gasteiger partial charge in [0.25, 0.3) is 5.56 Å². The Balaban J connectivity index is 1.67. The van der Waals surface area contributed by atoms with Gasteiger partial charge in [-0.25, -0.2) is 4.98 Å². The molecule has 0 saturated carbocycles. The SMILES string of the molecule is CCCc1cc(=O)n2nc(N(C)CC(=O)NCc3cc(OC)ccc3OC)sc2n1. The van der Waals surface area contributed by atoms with Crippen molar-refractivity contribution in [1.29, 1.82) is 0 Å². The second-order valence-corrected chi connectivity index (χ2v) is 7.66. The highest BCUT2D eigenvalue weighted by Crippen LogP contribution is 2.24. The van der Waals surface area contributed by atoms with Crippen molar-refractivity contribution >= 4 is 27.3 Å². The Hall–Kier alpha value is -3.14. The maximum Gasteiger partial charge on any atom is 0.275 e. The number of nitrogens with one attached hydrogen (secondary N) is 1. The van der Waals surface area contributed by atoms with Crippen molar-refractivity contribution in [2.75, 3.05) is 32.7 Å². The van der Waals surface area contributed by atoms with Gasteiger partial charge in [-0.1, -0.05) is 24.7 Å². The number of hydrogen-bond acceptors (Lipinski definition) is 8. The molecule has 0 atom stereocenters. The first kappa shape index (κ1) is 21.6. The molecule has 3 aromatic rings. The van der Waals surface area contributed by atoms with Crippen molar-refractivity contribution in [3.63, 3.8) is 0 Å². The van der Waals surface area contributed by atoms with Crippen molar-refractivity contribution in [3.05, 3.63) is 45.9 Å². The molecule has 0 spiro atoms. The monoisotopic (exact) mass is 431 g/mol. The number of carbonyl (C=O) groups is 1. The lowest BCUT2D eigenvalue weighted by Crippen LogP contribution is -2.35. The molecular formula is C20H25N5O4S. The molecule has 0 fully saturated rings. The number of methoxy groups -OCH3 is 2. The summed E-state index contributed by atoms with van der Waals surface area (Å²) in [7, 11) is 4.92. The van der Waals surface area contributed by atoms with Crippen LogP contribution in [-0.4, -0.2) is 48.3 Å². The van der Waals surface area contributed by atoms with Gasteiger partial charge < -0.3 is 19.7 Å². The van der Waals surface area contributed by atoms with Gasteiger partial charge in [0.05, 0.1) is 20.8 Å². The summed E-state index contributed by atoms with van der Waals surface area (Å²) in [5.41, 5.74) is 1.35. The van der Waals surface area contributed by atoms with Gasteiger partial charge in [0.2, 0.25) is 16.0 Å². The van der Waals surface area contributed by atoms with Crippen LogP contribution >= 0.6 is 11.3 Å². The number of benzene rings is 1. The van der Waals surface area contributed by atoms with Crippen molar-refractivity contribution in [3.8, 4) is 11.5 Å². The number of fused-ring (bicyclic) bond motifs is 1. The second-order valence-electron chi connectivity index (χ2n) is 6.73. The van der Waals surface area contributed by atoms with Crippen molar-refractivity contribution < 1.29 is 14.3 Å². The van der Waals surface area contributed by atoms with E-state index in [1.807, 2.05) is 13.0 Å². The van der Waals surface area contributed by atoms with Crippen LogP contribution in [0.2, 0.25) is 0 Å². The van der Waals surface area contributed by atoms with E-state index >= 15 is 0 Å². The molecule has 0 bridgehead atoms. The molecule has 0 aliphatic carbocycles. The third-order valence-corrected chi connectivity index (χ3v) is 5.49. The Labute approximate surface area is 178 Å². The Morgan fingerprint density at radius 1 is 1.27 bits per heavy atom. The fourth-order valence-corrected chi connectivity index (χ4v) is 3.82. The van der Waals surface area contributed by atoms with Crippen LogP contribution in [0.5, 0.6) is 11.5 Å². The number of likely N-dealkylation sites (N-methyl/N-ethyl adjacent to an activating group) is 1. The summed E-state index contributed by atoms with van der Waals surface area (Å²) in [5, 5.41) is 7.72. The number of hydrogen-bond donors (Lipinski definition) is 1. The van der Waals surface area contributed by atoms with Gasteiger partial charge in [0.1, 0.15) is 11.5 Å². The van der Waals surface area contributed by atoms with Gasteiger partial charge in [-0.15, -0.1) is 5.10 Å². The molecule has 2 heterocycles. The van der Waals surface area contributed by atoms with Crippen molar-refractivity contribution in [2.24, 2.45) is 0 Å². The lowest BCUT2D eigenvalue weighted by atomic mass is 10.2. The van der Waals surface area contributed by atoms with Crippen molar-refractivity contribution in [1.82, 2.24) is 19.9 Å². The average molecular weight is 432 g/mol. The summed E-state index contributed by atoms with van der Waals surface area (Å²) in [6.07, 6.45) is 1.65. The zero-order valence-electron chi connectivity index (χ0n) is 17.5. The lowest BCUT2D eigenvalue weighted by molar-refractivity contribution is -0.119. The molecule has 3 rings (SSSR count). The molecule has 160 valence electrons. The highest BCUT2D eigenvalue weighted by molar-refractivity contribution is 7.20. The van der Waals surface area contributed by atoms with E-state index in [9.17, 15) is 9.59 Å². The molecule has 1 aromatic carbocycles. The van der Waals surface area contributed by atoms with E-state index in [2.05, 4.69) is 15.4 Å². The van der Waals surface area contributed by atoms with Crippen LogP contribution in [0.4, 0.5) is 5.13 Å². The van der Waals surface area contributed by atoms with Gasteiger partial charge >= 0.3 is 0 Å². The van der Waals surface area contributed by atoms with E-state index in [0.717, 1.165) is 24.1 Å². The predicted molar refractivity (Wildman–Crippen MR) is 116 cm³/mol. The fourth-order valence-electron chi connectivity index (χ4n) is 2.94. The minimum absolute atomic E-state index is 0.0860. The highest BCUT2D eigenvalue weighted by atomic mass is 32.1. The van der Waals surface area contributed by atoms with Gasteiger partial charge in [-0.05, 0) is 24.6 Å². The van der Waals surface area contributed by atoms with Crippen LogP contribution in [0.15, 0.2) is 29.1 Å². The number of nitrogens with zero attached hydrogens (tertiary/aromatic N) is 4. The molecule has 9 nitrogen and oxygen atoms in total. The number of rotatable bonds is 9. The number of aromatic nitrogens is 3. The molecule has 0 unspecified atom stereocenters. The summed E-state index contributed by atoms with van der Waals surface area (Å²) in [4.78, 5) is 31.4. The summed E-state index contributed by atoms with van der Waals surface area (Å²) in [6, 6.07) is 6.93. The highest BCUT2D eigenvalue weighted by Gasteiger charge is 2.15. The van der Waals surface area contributed by atoms with Crippen LogP contribution in [-0.2, 0) is 17.8 Å². The third-order valence-electron chi connectivity index (χ3n) is 4.46. The van der Waals surface area contributed by atoms with Crippen LogP contribution in [0.1, 0.15) is 24.6 Å². The van der Waals surface area contributed by atoms with Gasteiger partial charge in [-0.3, -0.25) is 9.59 Å². The standard InChI is InChI=1S/C20H25N5O4S/c1-5-6-14-10-18(27)25-19(22-14)30-20(23-25)24(2)12-17(26)21-11-13-9-15(28-3)7-8-16(13)29-4/h7-10H,5-6,11-12H2,1-4H3,(H,21,26). The van der Waals surface area contributed by atoms with Crippen molar-refractivity contribution in [2.45, 2.75) is 26.3 Å². The zero-order chi connectivity index (χ0) is 21.7. The molecule has 0 aliphatic heterocycles. The first-order chi connectivity index (χ1) is 14.4. The summed E-state index contributed by atoms with van der Waals surface area (Å²) in [5.74, 6) is 1.17. The maximum absolute atomic E-state index is 12.4. The summed E-state index contributed by atoms with van der Waals surface area (Å²) in [6.45, 7) is 2.42. The van der Waals surface area contributed by atoms with E-state index in [4.69, 9.17) is 9.47 Å². The molecule has 0 aliphatic rings. The number of anilines is 1. The Morgan fingerprint density at radius 2 is 2.07 bits per heavy atom. The minimum atomic E-state index is -0.214. The van der Waals surface area contributed by atoms with E-state index in [1.165, 1.54) is 21.9 Å². The summed E-state index contributed by atoms with van der Waals surface area (Å²) < 4.78 is 11.8. The first-order valence-corrected chi connectivity index (χ1v) is 10.3. The number of amides is 1. The molecule has 0 saturated heterocycles. The van der Waals surface area contributed by atoms with E-state index in [-0.39, 0.29) is 18.0 Å². The molecule has 1 amide bonds. The van der Waals surface area contributed by atoms with Crippen LogP contribution < -0.4 is 25.2 Å². The fraction of sp³-hybridized carbons (Fsp3) is 0.400. The van der Waals surface area contributed by atoms with E-state index in [1.54, 1.807) is 38.3 Å². The minimum Gasteiger partial charge on any atom is -0.497 e. The van der Waals surface area contributed by atoms with E-state index < -0.39 is 0 Å². The van der Waals surface area contributed by atoms with Crippen LogP contribution in [0, 0.1) is 0 Å². The molecule has 30 heavy (non-hydrogen) atoms. The largest absolute Gasteiger partial charge is 0.497 e. The first-order valence-electron chi connectivity index (χ1n) is 9.53. The topological polar surface area (TPSA) is 98.1 Å². The predicted octanol–water partition coefficient (Wildman–Crippen LogP) is 1.87. The Bertz CT molecular complexity index is 1090. The lowest BCUT2D eigenvalue weighted by Gasteiger charge is -2.15. The van der Waals surface area contributed by atoms with Gasteiger partial charge in [0, 0.05) is 30.9 Å². The molecule has 1 N–H and O–H groups in total. The number of ether oxygens (including phenoxy) is 2. The number of aryl methyl sites for hydroxylation is 1. The van der Waals surface area contributed by atoms with Gasteiger partial charge in [0.15, 0.2) is 0 Å².